The maximum atomic E-state index is 14.2. The molecule has 2 aliphatic heterocycles. The molecule has 10 heteroatoms. The maximum Gasteiger partial charge on any atom is 0.356 e. The van der Waals surface area contributed by atoms with Crippen LogP contribution in [0.5, 0.6) is 5.75 Å². The van der Waals surface area contributed by atoms with Crippen LogP contribution in [-0.2, 0) is 46.9 Å². The van der Waals surface area contributed by atoms with Gasteiger partial charge in [0, 0.05) is 37.1 Å². The first-order valence-electron chi connectivity index (χ1n) is 16.6. The van der Waals surface area contributed by atoms with Crippen LogP contribution in [0, 0.1) is 0 Å². The Hall–Kier alpha value is -4.41. The summed E-state index contributed by atoms with van der Waals surface area (Å²) in [4.78, 5) is 46.5. The van der Waals surface area contributed by atoms with Gasteiger partial charge in [-0.3, -0.25) is 14.5 Å². The van der Waals surface area contributed by atoms with Crippen LogP contribution in [0.3, 0.4) is 0 Å². The van der Waals surface area contributed by atoms with E-state index < -0.39 is 35.0 Å². The Morgan fingerprint density at radius 3 is 2.22 bits per heavy atom. The van der Waals surface area contributed by atoms with Crippen molar-refractivity contribution in [2.24, 2.45) is 4.99 Å². The van der Waals surface area contributed by atoms with E-state index in [2.05, 4.69) is 20.8 Å². The van der Waals surface area contributed by atoms with Gasteiger partial charge in [-0.05, 0) is 65.0 Å². The van der Waals surface area contributed by atoms with Gasteiger partial charge in [0.25, 0.3) is 11.6 Å². The highest BCUT2D eigenvalue weighted by atomic mass is 32.2. The summed E-state index contributed by atoms with van der Waals surface area (Å²) in [7, 11) is 1.44. The number of methoxy groups -OCH3 is 1. The Bertz CT molecular complexity index is 1780. The van der Waals surface area contributed by atoms with Gasteiger partial charge in [-0.2, -0.15) is 0 Å². The van der Waals surface area contributed by atoms with Gasteiger partial charge >= 0.3 is 11.9 Å². The first kappa shape index (κ1) is 34.5. The lowest BCUT2D eigenvalue weighted by Crippen LogP contribution is -2.73. The molecule has 1 saturated heterocycles. The Morgan fingerprint density at radius 1 is 1.04 bits per heavy atom. The number of amides is 1. The van der Waals surface area contributed by atoms with Crippen molar-refractivity contribution in [1.82, 2.24) is 4.90 Å². The predicted octanol–water partition coefficient (Wildman–Crippen LogP) is 6.40. The van der Waals surface area contributed by atoms with Gasteiger partial charge in [-0.1, -0.05) is 81.4 Å². The molecule has 0 bridgehead atoms. The number of hydrogen-bond acceptors (Lipinski definition) is 9. The number of phenols is 1. The normalized spacial score (nSPS) is 20.6. The number of hydrogen-bond donors (Lipinski definition) is 1. The zero-order chi connectivity index (χ0) is 34.9. The molecule has 6 rings (SSSR count). The van der Waals surface area contributed by atoms with E-state index in [9.17, 15) is 19.5 Å². The molecule has 0 spiro atoms. The van der Waals surface area contributed by atoms with Crippen molar-refractivity contribution in [3.05, 3.63) is 111 Å². The maximum absolute atomic E-state index is 14.2. The zero-order valence-corrected chi connectivity index (χ0v) is 29.3. The zero-order valence-electron chi connectivity index (χ0n) is 28.5. The summed E-state index contributed by atoms with van der Waals surface area (Å²) in [6.07, 6.45) is 4.52. The fourth-order valence-electron chi connectivity index (χ4n) is 6.78. The molecule has 256 valence electrons. The Labute approximate surface area is 291 Å². The number of phenolic OH excluding ortho intramolecular Hbond substituents is 1. The third-order valence-electron chi connectivity index (χ3n) is 9.33. The Balaban J connectivity index is 1.36. The molecule has 0 radical (unpaired) electrons. The largest absolute Gasteiger partial charge is 0.507 e. The second-order valence-electron chi connectivity index (χ2n) is 13.6. The number of carbonyl (C=O) groups is 3. The standard InChI is InChI=1S/C39H42N2O7S/c1-24(42)47-22-28-23-49-37-39(46-5,40-21-27-20-31(38(2,3)4)33(43)30-19-13-12-18-29(27)30)36(45)41(37)32(28)35(44)48-34(25-14-8-6-9-15-25)26-16-10-7-11-17-26/h6-11,14-17,20-21,34,37,43H,12-13,18-19,22-23H2,1-5H3/b40-21+/t37-,39+/m1/s1. The smallest absolute Gasteiger partial charge is 0.356 e. The number of fused-ring (bicyclic) bond motifs is 2. The molecule has 0 unspecified atom stereocenters. The van der Waals surface area contributed by atoms with Gasteiger partial charge in [-0.25, -0.2) is 9.79 Å². The number of β-lactam (4-membered cyclic amide) rings is 1. The van der Waals surface area contributed by atoms with E-state index in [0.717, 1.165) is 59.1 Å². The van der Waals surface area contributed by atoms with E-state index in [1.807, 2.05) is 66.7 Å². The third-order valence-corrected chi connectivity index (χ3v) is 10.7. The monoisotopic (exact) mass is 682 g/mol. The van der Waals surface area contributed by atoms with Gasteiger partial charge in [0.15, 0.2) is 6.10 Å². The van der Waals surface area contributed by atoms with Crippen molar-refractivity contribution in [1.29, 1.82) is 0 Å². The topological polar surface area (TPSA) is 115 Å². The van der Waals surface area contributed by atoms with Crippen molar-refractivity contribution in [3.63, 3.8) is 0 Å². The predicted molar refractivity (Wildman–Crippen MR) is 188 cm³/mol. The van der Waals surface area contributed by atoms with E-state index in [0.29, 0.717) is 11.3 Å². The van der Waals surface area contributed by atoms with Crippen LogP contribution in [0.15, 0.2) is 83.0 Å². The van der Waals surface area contributed by atoms with Crippen LogP contribution < -0.4 is 0 Å². The number of aliphatic imine (C=N–C) groups is 1. The first-order chi connectivity index (χ1) is 23.5. The molecule has 0 saturated carbocycles. The van der Waals surface area contributed by atoms with Crippen molar-refractivity contribution in [2.75, 3.05) is 19.5 Å². The lowest BCUT2D eigenvalue weighted by Gasteiger charge is -2.54. The molecule has 49 heavy (non-hydrogen) atoms. The Morgan fingerprint density at radius 2 is 1.65 bits per heavy atom. The number of benzene rings is 3. The summed E-state index contributed by atoms with van der Waals surface area (Å²) >= 11 is 1.38. The molecule has 1 N–H and O–H groups in total. The van der Waals surface area contributed by atoms with Crippen LogP contribution in [0.1, 0.15) is 80.0 Å². The summed E-state index contributed by atoms with van der Waals surface area (Å²) in [5, 5.41) is 10.5. The van der Waals surface area contributed by atoms with E-state index in [-0.39, 0.29) is 23.5 Å². The molecule has 1 aliphatic carbocycles. The summed E-state index contributed by atoms with van der Waals surface area (Å²) in [6.45, 7) is 7.30. The molecule has 2 heterocycles. The van der Waals surface area contributed by atoms with Crippen molar-refractivity contribution < 1.29 is 33.7 Å². The highest BCUT2D eigenvalue weighted by molar-refractivity contribution is 8.00. The summed E-state index contributed by atoms with van der Waals surface area (Å²) in [6, 6.07) is 20.7. The number of aromatic hydroxyl groups is 1. The lowest BCUT2D eigenvalue weighted by atomic mass is 9.79. The van der Waals surface area contributed by atoms with Gasteiger partial charge in [0.2, 0.25) is 0 Å². The molecule has 0 aromatic heterocycles. The van der Waals surface area contributed by atoms with Gasteiger partial charge < -0.3 is 19.3 Å². The molecule has 1 amide bonds. The summed E-state index contributed by atoms with van der Waals surface area (Å²) in [5.41, 5.74) is 3.77. The molecular formula is C39H42N2O7S. The minimum atomic E-state index is -1.59. The second kappa shape index (κ2) is 13.8. The quantitative estimate of drug-likeness (QED) is 0.157. The lowest BCUT2D eigenvalue weighted by molar-refractivity contribution is -0.183. The molecule has 2 atom stereocenters. The number of rotatable bonds is 9. The molecule has 3 aromatic rings. The van der Waals surface area contributed by atoms with Gasteiger partial charge in [0.1, 0.15) is 23.4 Å². The Kier molecular flexibility index (Phi) is 9.73. The molecule has 1 fully saturated rings. The van der Waals surface area contributed by atoms with Crippen molar-refractivity contribution in [3.8, 4) is 5.75 Å². The fraction of sp³-hybridized carbons (Fsp3) is 0.385. The van der Waals surface area contributed by atoms with Gasteiger partial charge in [0.05, 0.1) is 0 Å². The minimum Gasteiger partial charge on any atom is -0.507 e. The van der Waals surface area contributed by atoms with Crippen LogP contribution in [0.4, 0.5) is 0 Å². The molecule has 3 aromatic carbocycles. The van der Waals surface area contributed by atoms with E-state index in [1.165, 1.54) is 30.7 Å². The average molecular weight is 683 g/mol. The third kappa shape index (κ3) is 6.51. The van der Waals surface area contributed by atoms with Crippen molar-refractivity contribution >= 4 is 35.8 Å². The highest BCUT2D eigenvalue weighted by Gasteiger charge is 2.66. The number of ether oxygens (including phenoxy) is 3. The van der Waals surface area contributed by atoms with E-state index >= 15 is 0 Å². The van der Waals surface area contributed by atoms with Crippen LogP contribution in [-0.4, -0.2) is 64.6 Å². The SMILES string of the molecule is CO[C@@]1(/N=C/c2cc(C(C)(C)C)c(O)c3c2CCCC3)C(=O)N2C(C(=O)OC(c3ccccc3)c3ccccc3)=C(COC(C)=O)CS[C@@H]21. The van der Waals surface area contributed by atoms with Crippen molar-refractivity contribution in [2.45, 2.75) is 76.0 Å². The average Bonchev–Trinajstić information content (AvgIpc) is 3.10. The molecule has 9 nitrogen and oxygen atoms in total. The van der Waals surface area contributed by atoms with Crippen LogP contribution in [0.2, 0.25) is 0 Å². The first-order valence-corrected chi connectivity index (χ1v) is 17.6. The van der Waals surface area contributed by atoms with E-state index in [1.54, 1.807) is 6.21 Å². The van der Waals surface area contributed by atoms with E-state index in [4.69, 9.17) is 19.2 Å². The highest BCUT2D eigenvalue weighted by Crippen LogP contribution is 2.49. The molecular weight excluding hydrogens is 641 g/mol. The number of nitrogens with zero attached hydrogens (tertiary/aromatic N) is 2. The summed E-state index contributed by atoms with van der Waals surface area (Å²) in [5.74, 6) is -1.11. The van der Waals surface area contributed by atoms with Crippen LogP contribution >= 0.6 is 11.8 Å². The van der Waals surface area contributed by atoms with Gasteiger partial charge in [-0.15, -0.1) is 11.8 Å². The summed E-state index contributed by atoms with van der Waals surface area (Å²) < 4.78 is 17.4. The number of esters is 2. The number of thioether (sulfide) groups is 1. The number of carbonyl (C=O) groups excluding carboxylic acids is 3. The van der Waals surface area contributed by atoms with Crippen LogP contribution in [0.25, 0.3) is 0 Å². The fourth-order valence-corrected chi connectivity index (χ4v) is 8.19. The second-order valence-corrected chi connectivity index (χ2v) is 14.7. The molecule has 3 aliphatic rings. The minimum absolute atomic E-state index is 0.0340.